The van der Waals surface area contributed by atoms with Gasteiger partial charge in [-0.3, -0.25) is 4.79 Å². The van der Waals surface area contributed by atoms with E-state index >= 15 is 0 Å². The van der Waals surface area contributed by atoms with Gasteiger partial charge in [0.15, 0.2) is 0 Å². The SMILES string of the molecule is COC(=O)C(/C=C(\C#N)C(C)(C)C)C(C)(C)C. The van der Waals surface area contributed by atoms with Crippen molar-refractivity contribution < 1.29 is 9.53 Å². The number of nitriles is 1. The first-order valence-corrected chi connectivity index (χ1v) is 5.74. The van der Waals surface area contributed by atoms with Crippen LogP contribution in [0, 0.1) is 28.1 Å². The van der Waals surface area contributed by atoms with Crippen LogP contribution in [0.2, 0.25) is 0 Å². The van der Waals surface area contributed by atoms with Crippen molar-refractivity contribution in [1.82, 2.24) is 0 Å². The van der Waals surface area contributed by atoms with Gasteiger partial charge in [-0.15, -0.1) is 0 Å². The van der Waals surface area contributed by atoms with Crippen LogP contribution < -0.4 is 0 Å². The summed E-state index contributed by atoms with van der Waals surface area (Å²) < 4.78 is 4.80. The van der Waals surface area contributed by atoms with Crippen molar-refractivity contribution in [2.24, 2.45) is 16.7 Å². The Kier molecular flexibility index (Phi) is 4.94. The van der Waals surface area contributed by atoms with Crippen molar-refractivity contribution in [1.29, 1.82) is 5.26 Å². The van der Waals surface area contributed by atoms with Gasteiger partial charge in [0, 0.05) is 5.57 Å². The van der Waals surface area contributed by atoms with E-state index in [0.29, 0.717) is 5.57 Å². The molecule has 0 aliphatic rings. The Morgan fingerprint density at radius 1 is 1.24 bits per heavy atom. The summed E-state index contributed by atoms with van der Waals surface area (Å²) in [6.45, 7) is 11.8. The lowest BCUT2D eigenvalue weighted by Crippen LogP contribution is -2.29. The molecule has 0 amide bonds. The summed E-state index contributed by atoms with van der Waals surface area (Å²) in [5, 5.41) is 9.16. The second kappa shape index (κ2) is 5.35. The lowest BCUT2D eigenvalue weighted by atomic mass is 9.76. The van der Waals surface area contributed by atoms with Gasteiger partial charge in [-0.2, -0.15) is 5.26 Å². The van der Waals surface area contributed by atoms with E-state index in [1.54, 1.807) is 6.08 Å². The third kappa shape index (κ3) is 4.60. The summed E-state index contributed by atoms with van der Waals surface area (Å²) in [5.74, 6) is -0.698. The van der Waals surface area contributed by atoms with Gasteiger partial charge in [0.2, 0.25) is 0 Å². The minimum atomic E-state index is -0.402. The average Bonchev–Trinajstić information content (AvgIpc) is 2.14. The molecule has 0 saturated carbocycles. The molecule has 0 spiro atoms. The van der Waals surface area contributed by atoms with E-state index < -0.39 is 5.92 Å². The smallest absolute Gasteiger partial charge is 0.313 e. The molecule has 1 unspecified atom stereocenters. The predicted molar refractivity (Wildman–Crippen MR) is 68.1 cm³/mol. The molecule has 0 fully saturated rings. The summed E-state index contributed by atoms with van der Waals surface area (Å²) >= 11 is 0. The largest absolute Gasteiger partial charge is 0.469 e. The van der Waals surface area contributed by atoms with Gasteiger partial charge in [-0.25, -0.2) is 0 Å². The average molecular weight is 237 g/mol. The van der Waals surface area contributed by atoms with Crippen LogP contribution >= 0.6 is 0 Å². The van der Waals surface area contributed by atoms with Crippen LogP contribution in [0.5, 0.6) is 0 Å². The lowest BCUT2D eigenvalue weighted by molar-refractivity contribution is -0.146. The topological polar surface area (TPSA) is 50.1 Å². The maximum atomic E-state index is 11.8. The number of hydrogen-bond acceptors (Lipinski definition) is 3. The molecule has 3 nitrogen and oxygen atoms in total. The molecular formula is C14H23NO2. The molecule has 96 valence electrons. The van der Waals surface area contributed by atoms with E-state index in [9.17, 15) is 4.79 Å². The Hall–Kier alpha value is -1.30. The fourth-order valence-electron chi connectivity index (χ4n) is 1.42. The molecule has 0 aliphatic heterocycles. The first-order valence-electron chi connectivity index (χ1n) is 5.74. The zero-order valence-electron chi connectivity index (χ0n) is 11.9. The van der Waals surface area contributed by atoms with Crippen LogP contribution in [-0.2, 0) is 9.53 Å². The van der Waals surface area contributed by atoms with E-state index in [4.69, 9.17) is 10.00 Å². The van der Waals surface area contributed by atoms with Gasteiger partial charge in [-0.05, 0) is 10.8 Å². The summed E-state index contributed by atoms with van der Waals surface area (Å²) in [4.78, 5) is 11.8. The maximum Gasteiger partial charge on any atom is 0.313 e. The summed E-state index contributed by atoms with van der Waals surface area (Å²) in [5.41, 5.74) is 0.0926. The normalized spacial score (nSPS) is 15.1. The van der Waals surface area contributed by atoms with Crippen molar-refractivity contribution >= 4 is 5.97 Å². The second-order valence-corrected chi connectivity index (χ2v) is 6.31. The molecule has 0 rings (SSSR count). The van der Waals surface area contributed by atoms with E-state index in [1.165, 1.54) is 7.11 Å². The molecule has 3 heteroatoms. The molecular weight excluding hydrogens is 214 g/mol. The number of carbonyl (C=O) groups is 1. The Morgan fingerprint density at radius 3 is 1.94 bits per heavy atom. The highest BCUT2D eigenvalue weighted by atomic mass is 16.5. The highest BCUT2D eigenvalue weighted by molar-refractivity contribution is 5.75. The quantitative estimate of drug-likeness (QED) is 0.547. The number of hydrogen-bond donors (Lipinski definition) is 0. The molecule has 0 heterocycles. The maximum absolute atomic E-state index is 11.8. The molecule has 0 saturated heterocycles. The number of methoxy groups -OCH3 is 1. The summed E-state index contributed by atoms with van der Waals surface area (Å²) in [6, 6.07) is 2.18. The number of nitrogens with zero attached hydrogens (tertiary/aromatic N) is 1. The first kappa shape index (κ1) is 15.7. The summed E-state index contributed by atoms with van der Waals surface area (Å²) in [6.07, 6.45) is 1.74. The summed E-state index contributed by atoms with van der Waals surface area (Å²) in [7, 11) is 1.37. The van der Waals surface area contributed by atoms with Crippen molar-refractivity contribution in [3.8, 4) is 6.07 Å². The van der Waals surface area contributed by atoms with Crippen LogP contribution in [-0.4, -0.2) is 13.1 Å². The minimum Gasteiger partial charge on any atom is -0.469 e. The Morgan fingerprint density at radius 2 is 1.71 bits per heavy atom. The van der Waals surface area contributed by atoms with E-state index in [1.807, 2.05) is 41.5 Å². The molecule has 0 aromatic rings. The highest BCUT2D eigenvalue weighted by Gasteiger charge is 2.32. The molecule has 0 N–H and O–H groups in total. The monoisotopic (exact) mass is 237 g/mol. The van der Waals surface area contributed by atoms with Gasteiger partial charge in [0.25, 0.3) is 0 Å². The molecule has 17 heavy (non-hydrogen) atoms. The van der Waals surface area contributed by atoms with E-state index in [0.717, 1.165) is 0 Å². The Labute approximate surface area is 104 Å². The number of ether oxygens (including phenoxy) is 1. The first-order chi connectivity index (χ1) is 7.54. The predicted octanol–water partition coefficient (Wildman–Crippen LogP) is 3.32. The Balaban J connectivity index is 5.46. The second-order valence-electron chi connectivity index (χ2n) is 6.31. The van der Waals surface area contributed by atoms with Gasteiger partial charge < -0.3 is 4.74 Å². The van der Waals surface area contributed by atoms with Crippen LogP contribution in [0.4, 0.5) is 0 Å². The number of rotatable bonds is 2. The number of esters is 1. The zero-order valence-corrected chi connectivity index (χ0v) is 11.9. The van der Waals surface area contributed by atoms with Crippen LogP contribution in [0.15, 0.2) is 11.6 Å². The van der Waals surface area contributed by atoms with Crippen LogP contribution in [0.1, 0.15) is 41.5 Å². The zero-order chi connectivity index (χ0) is 13.9. The van der Waals surface area contributed by atoms with Crippen LogP contribution in [0.3, 0.4) is 0 Å². The molecule has 0 aromatic heterocycles. The van der Waals surface area contributed by atoms with Crippen molar-refractivity contribution in [3.05, 3.63) is 11.6 Å². The Bertz CT molecular complexity index is 348. The van der Waals surface area contributed by atoms with Crippen LogP contribution in [0.25, 0.3) is 0 Å². The molecule has 0 aromatic carbocycles. The standard InChI is InChI=1S/C14H23NO2/c1-13(2,3)10(9-15)8-11(12(16)17-7)14(4,5)6/h8,11H,1-7H3/b10-8+. The van der Waals surface area contributed by atoms with Crippen molar-refractivity contribution in [3.63, 3.8) is 0 Å². The van der Waals surface area contributed by atoms with Crippen molar-refractivity contribution in [2.75, 3.05) is 7.11 Å². The minimum absolute atomic E-state index is 0.258. The third-order valence-corrected chi connectivity index (χ3v) is 2.65. The lowest BCUT2D eigenvalue weighted by Gasteiger charge is -2.28. The third-order valence-electron chi connectivity index (χ3n) is 2.65. The van der Waals surface area contributed by atoms with Gasteiger partial charge in [0.1, 0.15) is 0 Å². The fourth-order valence-corrected chi connectivity index (χ4v) is 1.42. The van der Waals surface area contributed by atoms with Gasteiger partial charge in [0.05, 0.1) is 19.1 Å². The molecule has 0 bridgehead atoms. The highest BCUT2D eigenvalue weighted by Crippen LogP contribution is 2.33. The van der Waals surface area contributed by atoms with Gasteiger partial charge >= 0.3 is 5.97 Å². The fraction of sp³-hybridized carbons (Fsp3) is 0.714. The van der Waals surface area contributed by atoms with E-state index in [-0.39, 0.29) is 16.8 Å². The van der Waals surface area contributed by atoms with Gasteiger partial charge in [-0.1, -0.05) is 47.6 Å². The number of allylic oxidation sites excluding steroid dienone is 1. The van der Waals surface area contributed by atoms with E-state index in [2.05, 4.69) is 6.07 Å². The molecule has 1 atom stereocenters. The molecule has 0 aliphatic carbocycles. The van der Waals surface area contributed by atoms with Crippen molar-refractivity contribution in [2.45, 2.75) is 41.5 Å². The molecule has 0 radical (unpaired) electrons. The number of carbonyl (C=O) groups excluding carboxylic acids is 1.